The van der Waals surface area contributed by atoms with Gasteiger partial charge in [-0.1, -0.05) is 32.6 Å². The smallest absolute Gasteiger partial charge is 0.124 e. The zero-order valence-electron chi connectivity index (χ0n) is 14.9. The molecule has 7 nitrogen and oxygen atoms in total. The fraction of sp³-hybridized carbons (Fsp3) is 0.333. The van der Waals surface area contributed by atoms with Gasteiger partial charge in [0.15, 0.2) is 0 Å². The molecule has 2 aromatic rings. The van der Waals surface area contributed by atoms with Crippen LogP contribution in [0.3, 0.4) is 0 Å². The molecule has 0 fully saturated rings. The normalized spacial score (nSPS) is 16.7. The molecule has 146 valence electrons. The van der Waals surface area contributed by atoms with Gasteiger partial charge >= 0.3 is 0 Å². The van der Waals surface area contributed by atoms with E-state index in [1.54, 1.807) is 18.2 Å². The minimum Gasteiger partial charge on any atom is -0.748 e. The Labute approximate surface area is 158 Å². The summed E-state index contributed by atoms with van der Waals surface area (Å²) in [5.74, 6) is -0.454. The molecular weight excluding hydrogens is 390 g/mol. The zero-order chi connectivity index (χ0) is 20.2. The maximum atomic E-state index is 11.3. The molecule has 1 aliphatic rings. The number of benzene rings is 2. The average molecular weight is 409 g/mol. The molecule has 0 aromatic heterocycles. The van der Waals surface area contributed by atoms with Crippen molar-refractivity contribution in [2.24, 2.45) is 0 Å². The maximum absolute atomic E-state index is 11.3. The number of hydrogen-bond donors (Lipinski definition) is 0. The lowest BCUT2D eigenvalue weighted by Gasteiger charge is -2.26. The lowest BCUT2D eigenvalue weighted by Crippen LogP contribution is -2.27. The molecule has 2 aromatic carbocycles. The third kappa shape index (κ3) is 3.60. The van der Waals surface area contributed by atoms with Crippen LogP contribution in [-0.4, -0.2) is 38.2 Å². The Bertz CT molecular complexity index is 1150. The van der Waals surface area contributed by atoms with Gasteiger partial charge in [0.1, 0.15) is 10.1 Å². The lowest BCUT2D eigenvalue weighted by atomic mass is 9.82. The Balaban J connectivity index is 2.09. The van der Waals surface area contributed by atoms with Gasteiger partial charge in [0, 0.05) is 29.1 Å². The summed E-state index contributed by atoms with van der Waals surface area (Å²) in [4.78, 5) is 1.60. The van der Waals surface area contributed by atoms with Crippen LogP contribution in [0.2, 0.25) is 0 Å². The van der Waals surface area contributed by atoms with Crippen molar-refractivity contribution < 1.29 is 25.9 Å². The van der Waals surface area contributed by atoms with E-state index < -0.39 is 31.4 Å². The SMILES string of the molecule is C=C1N(CCCS(=O)(=O)[O-])c2ccc3cc(S(=O)(=O)[O-])ccc3c2C1(C)C. The van der Waals surface area contributed by atoms with E-state index in [2.05, 4.69) is 6.58 Å². The topological polar surface area (TPSA) is 118 Å². The fourth-order valence-corrected chi connectivity index (χ4v) is 4.60. The van der Waals surface area contributed by atoms with Crippen LogP contribution < -0.4 is 4.90 Å². The van der Waals surface area contributed by atoms with Crippen LogP contribution in [0, 0.1) is 0 Å². The largest absolute Gasteiger partial charge is 0.748 e. The van der Waals surface area contributed by atoms with Crippen LogP contribution in [0.5, 0.6) is 0 Å². The van der Waals surface area contributed by atoms with E-state index >= 15 is 0 Å². The number of allylic oxidation sites excluding steroid dienone is 1. The van der Waals surface area contributed by atoms with E-state index in [1.165, 1.54) is 12.1 Å². The third-order valence-electron chi connectivity index (χ3n) is 5.00. The van der Waals surface area contributed by atoms with Crippen LogP contribution in [0.4, 0.5) is 5.69 Å². The third-order valence-corrected chi connectivity index (χ3v) is 6.62. The highest BCUT2D eigenvalue weighted by Gasteiger charge is 2.40. The Hall–Kier alpha value is -1.94. The molecular formula is C18H19NO6S2-2. The van der Waals surface area contributed by atoms with Gasteiger partial charge in [0.25, 0.3) is 0 Å². The lowest BCUT2D eigenvalue weighted by molar-refractivity contribution is 0.460. The predicted molar refractivity (Wildman–Crippen MR) is 101 cm³/mol. The summed E-state index contributed by atoms with van der Waals surface area (Å²) >= 11 is 0. The molecule has 0 radical (unpaired) electrons. The molecule has 0 saturated carbocycles. The van der Waals surface area contributed by atoms with E-state index in [4.69, 9.17) is 0 Å². The number of rotatable bonds is 5. The summed E-state index contributed by atoms with van der Waals surface area (Å²) in [6.45, 7) is 8.40. The Morgan fingerprint density at radius 2 is 1.74 bits per heavy atom. The molecule has 0 spiro atoms. The van der Waals surface area contributed by atoms with Crippen LogP contribution in [0.25, 0.3) is 10.8 Å². The van der Waals surface area contributed by atoms with E-state index in [1.807, 2.05) is 18.7 Å². The Morgan fingerprint density at radius 1 is 1.07 bits per heavy atom. The molecule has 9 heteroatoms. The van der Waals surface area contributed by atoms with E-state index in [-0.39, 0.29) is 11.3 Å². The highest BCUT2D eigenvalue weighted by molar-refractivity contribution is 7.86. The van der Waals surface area contributed by atoms with Crippen molar-refractivity contribution in [2.45, 2.75) is 30.6 Å². The zero-order valence-corrected chi connectivity index (χ0v) is 16.6. The molecule has 0 unspecified atom stereocenters. The molecule has 0 aliphatic carbocycles. The van der Waals surface area contributed by atoms with Crippen LogP contribution in [-0.2, 0) is 25.7 Å². The first-order valence-electron chi connectivity index (χ1n) is 8.26. The summed E-state index contributed by atoms with van der Waals surface area (Å²) in [5, 5.41) is 1.42. The summed E-state index contributed by atoms with van der Waals surface area (Å²) < 4.78 is 66.5. The van der Waals surface area contributed by atoms with Crippen molar-refractivity contribution in [1.29, 1.82) is 0 Å². The second kappa shape index (κ2) is 6.30. The van der Waals surface area contributed by atoms with Crippen LogP contribution in [0.15, 0.2) is 47.5 Å². The van der Waals surface area contributed by atoms with Gasteiger partial charge < -0.3 is 14.0 Å². The van der Waals surface area contributed by atoms with Crippen molar-refractivity contribution in [3.63, 3.8) is 0 Å². The summed E-state index contributed by atoms with van der Waals surface area (Å²) in [6, 6.07) is 7.76. The quantitative estimate of drug-likeness (QED) is 0.695. The first kappa shape index (κ1) is 19.8. The molecule has 0 N–H and O–H groups in total. The number of anilines is 1. The van der Waals surface area contributed by atoms with Crippen molar-refractivity contribution in [3.05, 3.63) is 48.2 Å². The minimum atomic E-state index is -4.55. The Morgan fingerprint density at radius 3 is 2.33 bits per heavy atom. The van der Waals surface area contributed by atoms with Crippen molar-refractivity contribution in [2.75, 3.05) is 17.2 Å². The van der Waals surface area contributed by atoms with Gasteiger partial charge in [-0.25, -0.2) is 16.8 Å². The average Bonchev–Trinajstić information content (AvgIpc) is 2.73. The van der Waals surface area contributed by atoms with Crippen LogP contribution >= 0.6 is 0 Å². The molecule has 1 aliphatic heterocycles. The van der Waals surface area contributed by atoms with Gasteiger partial charge in [-0.2, -0.15) is 0 Å². The van der Waals surface area contributed by atoms with Crippen LogP contribution in [0.1, 0.15) is 25.8 Å². The molecule has 0 bridgehead atoms. The second-order valence-corrected chi connectivity index (χ2v) is 10.0. The molecule has 0 saturated heterocycles. The first-order chi connectivity index (χ1) is 12.3. The van der Waals surface area contributed by atoms with Gasteiger partial charge in [0.05, 0.1) is 15.0 Å². The predicted octanol–water partition coefficient (Wildman–Crippen LogP) is 2.29. The number of hydrogen-bond acceptors (Lipinski definition) is 7. The fourth-order valence-electron chi connectivity index (χ4n) is 3.62. The van der Waals surface area contributed by atoms with E-state index in [0.29, 0.717) is 11.9 Å². The van der Waals surface area contributed by atoms with Crippen molar-refractivity contribution in [1.82, 2.24) is 0 Å². The van der Waals surface area contributed by atoms with Gasteiger partial charge in [-0.05, 0) is 41.0 Å². The van der Waals surface area contributed by atoms with Crippen molar-refractivity contribution in [3.8, 4) is 0 Å². The number of fused-ring (bicyclic) bond motifs is 3. The van der Waals surface area contributed by atoms with Crippen molar-refractivity contribution >= 4 is 36.7 Å². The molecule has 0 atom stereocenters. The maximum Gasteiger partial charge on any atom is 0.124 e. The standard InChI is InChI=1S/C18H21NO6S2/c1-12-18(2,3)17-15-7-6-14(27(23,24)25)11-13(15)5-8-16(17)19(12)9-4-10-26(20,21)22/h5-8,11H,1,4,9-10H2,2-3H3,(H,20,21,22)(H,23,24,25)/p-2. The van der Waals surface area contributed by atoms with Gasteiger partial charge in [-0.15, -0.1) is 0 Å². The van der Waals surface area contributed by atoms with E-state index in [9.17, 15) is 25.9 Å². The molecule has 0 amide bonds. The molecule has 3 rings (SSSR count). The van der Waals surface area contributed by atoms with Gasteiger partial charge in [0.2, 0.25) is 0 Å². The highest BCUT2D eigenvalue weighted by atomic mass is 32.2. The monoisotopic (exact) mass is 409 g/mol. The first-order valence-corrected chi connectivity index (χ1v) is 11.2. The summed E-state index contributed by atoms with van der Waals surface area (Å²) in [7, 11) is -8.83. The summed E-state index contributed by atoms with van der Waals surface area (Å²) in [5.41, 5.74) is 2.03. The molecule has 1 heterocycles. The minimum absolute atomic E-state index is 0.172. The van der Waals surface area contributed by atoms with Gasteiger partial charge in [-0.3, -0.25) is 0 Å². The van der Waals surface area contributed by atoms with E-state index in [0.717, 1.165) is 22.3 Å². The Kier molecular flexibility index (Phi) is 4.62. The second-order valence-electron chi connectivity index (χ2n) is 7.14. The summed E-state index contributed by atoms with van der Waals surface area (Å²) in [6.07, 6.45) is 0.172. The highest BCUT2D eigenvalue weighted by Crippen LogP contribution is 2.50. The molecule has 27 heavy (non-hydrogen) atoms. The number of nitrogens with zero attached hydrogens (tertiary/aromatic N) is 1.